The van der Waals surface area contributed by atoms with E-state index in [0.717, 1.165) is 0 Å². The maximum atomic E-state index is 12.2. The van der Waals surface area contributed by atoms with Crippen molar-refractivity contribution in [3.05, 3.63) is 64.3 Å². The van der Waals surface area contributed by atoms with Gasteiger partial charge in [-0.2, -0.15) is 5.26 Å². The minimum absolute atomic E-state index is 0.105. The van der Waals surface area contributed by atoms with E-state index < -0.39 is 5.91 Å². The van der Waals surface area contributed by atoms with Crippen molar-refractivity contribution in [2.75, 3.05) is 17.7 Å². The van der Waals surface area contributed by atoms with E-state index in [0.29, 0.717) is 27.2 Å². The minimum atomic E-state index is -0.571. The second kappa shape index (κ2) is 8.25. The van der Waals surface area contributed by atoms with E-state index in [2.05, 4.69) is 10.6 Å². The van der Waals surface area contributed by atoms with Crippen molar-refractivity contribution in [3.8, 4) is 11.8 Å². The quantitative estimate of drug-likeness (QED) is 0.608. The number of carbonyl (C=O) groups excluding carboxylic acids is 1. The Morgan fingerprint density at radius 3 is 2.62 bits per heavy atom. The van der Waals surface area contributed by atoms with Gasteiger partial charge in [-0.25, -0.2) is 0 Å². The summed E-state index contributed by atoms with van der Waals surface area (Å²) in [5.41, 5.74) is 0.968. The van der Waals surface area contributed by atoms with Crippen LogP contribution < -0.4 is 15.4 Å². The van der Waals surface area contributed by atoms with Crippen LogP contribution in [-0.2, 0) is 4.79 Å². The maximum Gasteiger partial charge on any atom is 0.267 e. The van der Waals surface area contributed by atoms with Crippen LogP contribution in [0.4, 0.5) is 11.4 Å². The van der Waals surface area contributed by atoms with E-state index in [1.54, 1.807) is 30.3 Å². The summed E-state index contributed by atoms with van der Waals surface area (Å²) in [4.78, 5) is 12.2. The molecule has 0 saturated carbocycles. The molecule has 0 bridgehead atoms. The van der Waals surface area contributed by atoms with Crippen molar-refractivity contribution >= 4 is 40.5 Å². The Kier molecular flexibility index (Phi) is 6.07. The Bertz CT molecular complexity index is 829. The van der Waals surface area contributed by atoms with Crippen molar-refractivity contribution in [2.45, 2.75) is 0 Å². The van der Waals surface area contributed by atoms with Gasteiger partial charge >= 0.3 is 0 Å². The number of nitrogens with one attached hydrogen (secondary N) is 2. The predicted molar refractivity (Wildman–Crippen MR) is 95.4 cm³/mol. The summed E-state index contributed by atoms with van der Waals surface area (Å²) in [5.74, 6) is 0.0224. The SMILES string of the molecule is COc1ccccc1N/C=C(/C#N)C(=O)Nc1ccc(Cl)c(Cl)c1. The maximum absolute atomic E-state index is 12.2. The first-order valence-electron chi connectivity index (χ1n) is 6.81. The van der Waals surface area contributed by atoms with Gasteiger partial charge in [0.1, 0.15) is 17.4 Å². The van der Waals surface area contributed by atoms with Gasteiger partial charge in [0.05, 0.1) is 22.8 Å². The number of ether oxygens (including phenoxy) is 1. The Hall–Kier alpha value is -2.68. The number of hydrogen-bond acceptors (Lipinski definition) is 4. The molecule has 5 nitrogen and oxygen atoms in total. The molecule has 2 aromatic carbocycles. The van der Waals surface area contributed by atoms with Crippen molar-refractivity contribution in [1.29, 1.82) is 5.26 Å². The Morgan fingerprint density at radius 2 is 1.96 bits per heavy atom. The van der Waals surface area contributed by atoms with Gasteiger partial charge in [-0.1, -0.05) is 35.3 Å². The highest BCUT2D eigenvalue weighted by Gasteiger charge is 2.11. The van der Waals surface area contributed by atoms with Gasteiger partial charge in [-0.3, -0.25) is 4.79 Å². The average molecular weight is 362 g/mol. The molecule has 2 rings (SSSR count). The van der Waals surface area contributed by atoms with Crippen LogP contribution in [0.3, 0.4) is 0 Å². The zero-order valence-corrected chi connectivity index (χ0v) is 14.2. The van der Waals surface area contributed by atoms with Crippen molar-refractivity contribution in [3.63, 3.8) is 0 Å². The van der Waals surface area contributed by atoms with Gasteiger partial charge in [-0.15, -0.1) is 0 Å². The summed E-state index contributed by atoms with van der Waals surface area (Å²) in [7, 11) is 1.53. The number of halogens is 2. The third-order valence-electron chi connectivity index (χ3n) is 3.02. The number of nitriles is 1. The minimum Gasteiger partial charge on any atom is -0.495 e. The second-order valence-corrected chi connectivity index (χ2v) is 5.41. The number of methoxy groups -OCH3 is 1. The first-order chi connectivity index (χ1) is 11.5. The molecular formula is C17H13Cl2N3O2. The zero-order chi connectivity index (χ0) is 17.5. The Morgan fingerprint density at radius 1 is 1.21 bits per heavy atom. The molecule has 122 valence electrons. The number of nitrogens with zero attached hydrogens (tertiary/aromatic N) is 1. The monoisotopic (exact) mass is 361 g/mol. The molecule has 24 heavy (non-hydrogen) atoms. The van der Waals surface area contributed by atoms with Gasteiger partial charge < -0.3 is 15.4 Å². The third kappa shape index (κ3) is 4.42. The highest BCUT2D eigenvalue weighted by atomic mass is 35.5. The van der Waals surface area contributed by atoms with E-state index in [4.69, 9.17) is 27.9 Å². The molecule has 7 heteroatoms. The fourth-order valence-corrected chi connectivity index (χ4v) is 2.13. The highest BCUT2D eigenvalue weighted by Crippen LogP contribution is 2.25. The molecule has 0 aliphatic rings. The molecule has 0 fully saturated rings. The Balaban J connectivity index is 2.13. The topological polar surface area (TPSA) is 74.1 Å². The number of hydrogen-bond donors (Lipinski definition) is 2. The first-order valence-corrected chi connectivity index (χ1v) is 7.57. The molecule has 0 aromatic heterocycles. The number of amides is 1. The first kappa shape index (κ1) is 17.7. The lowest BCUT2D eigenvalue weighted by Crippen LogP contribution is -2.14. The molecule has 0 aliphatic heterocycles. The van der Waals surface area contributed by atoms with Crippen molar-refractivity contribution < 1.29 is 9.53 Å². The molecule has 0 aliphatic carbocycles. The summed E-state index contributed by atoms with van der Waals surface area (Å²) < 4.78 is 5.19. The van der Waals surface area contributed by atoms with Crippen molar-refractivity contribution in [2.24, 2.45) is 0 Å². The second-order valence-electron chi connectivity index (χ2n) is 4.60. The summed E-state index contributed by atoms with van der Waals surface area (Å²) in [6, 6.07) is 13.6. The summed E-state index contributed by atoms with van der Waals surface area (Å²) in [5, 5.41) is 15.3. The smallest absolute Gasteiger partial charge is 0.267 e. The normalized spacial score (nSPS) is 10.7. The number of rotatable bonds is 5. The number of benzene rings is 2. The fraction of sp³-hybridized carbons (Fsp3) is 0.0588. The number of para-hydroxylation sites is 2. The van der Waals surface area contributed by atoms with Gasteiger partial charge in [0.25, 0.3) is 5.91 Å². The largest absolute Gasteiger partial charge is 0.495 e. The van der Waals surface area contributed by atoms with Gasteiger partial charge in [0, 0.05) is 11.9 Å². The molecule has 0 radical (unpaired) electrons. The van der Waals surface area contributed by atoms with E-state index in [9.17, 15) is 10.1 Å². The molecule has 1 amide bonds. The predicted octanol–water partition coefficient (Wildman–Crippen LogP) is 4.46. The molecule has 0 unspecified atom stereocenters. The summed E-state index contributed by atoms with van der Waals surface area (Å²) in [6.07, 6.45) is 1.31. The lowest BCUT2D eigenvalue weighted by molar-refractivity contribution is -0.112. The molecule has 0 saturated heterocycles. The van der Waals surface area contributed by atoms with E-state index in [1.807, 2.05) is 12.1 Å². The summed E-state index contributed by atoms with van der Waals surface area (Å²) >= 11 is 11.7. The van der Waals surface area contributed by atoms with Crippen LogP contribution >= 0.6 is 23.2 Å². The van der Waals surface area contributed by atoms with Gasteiger partial charge in [0.15, 0.2) is 0 Å². The van der Waals surface area contributed by atoms with Crippen LogP contribution in [0.15, 0.2) is 54.2 Å². The lowest BCUT2D eigenvalue weighted by Gasteiger charge is -2.08. The van der Waals surface area contributed by atoms with Crippen LogP contribution in [-0.4, -0.2) is 13.0 Å². The molecular weight excluding hydrogens is 349 g/mol. The van der Waals surface area contributed by atoms with E-state index in [-0.39, 0.29) is 5.57 Å². The molecule has 0 heterocycles. The van der Waals surface area contributed by atoms with Crippen LogP contribution in [0.25, 0.3) is 0 Å². The Labute approximate surface area is 149 Å². The number of anilines is 2. The molecule has 0 spiro atoms. The average Bonchev–Trinajstić information content (AvgIpc) is 2.59. The lowest BCUT2D eigenvalue weighted by atomic mass is 10.2. The third-order valence-corrected chi connectivity index (χ3v) is 3.76. The summed E-state index contributed by atoms with van der Waals surface area (Å²) in [6.45, 7) is 0. The van der Waals surface area contributed by atoms with Crippen LogP contribution in [0.2, 0.25) is 10.0 Å². The zero-order valence-electron chi connectivity index (χ0n) is 12.6. The van der Waals surface area contributed by atoms with Crippen LogP contribution in [0.1, 0.15) is 0 Å². The standard InChI is InChI=1S/C17H13Cl2N3O2/c1-24-16-5-3-2-4-15(16)21-10-11(9-20)17(23)22-12-6-7-13(18)14(19)8-12/h2-8,10,21H,1H3,(H,22,23)/b11-10-. The highest BCUT2D eigenvalue weighted by molar-refractivity contribution is 6.42. The number of carbonyl (C=O) groups is 1. The molecule has 2 N–H and O–H groups in total. The fourth-order valence-electron chi connectivity index (χ4n) is 1.83. The van der Waals surface area contributed by atoms with E-state index >= 15 is 0 Å². The van der Waals surface area contributed by atoms with Crippen LogP contribution in [0, 0.1) is 11.3 Å². The van der Waals surface area contributed by atoms with Crippen molar-refractivity contribution in [1.82, 2.24) is 0 Å². The molecule has 0 atom stereocenters. The van der Waals surface area contributed by atoms with Crippen LogP contribution in [0.5, 0.6) is 5.75 Å². The van der Waals surface area contributed by atoms with E-state index in [1.165, 1.54) is 19.4 Å². The molecule has 2 aromatic rings. The van der Waals surface area contributed by atoms with Gasteiger partial charge in [0.2, 0.25) is 0 Å². The van der Waals surface area contributed by atoms with Gasteiger partial charge in [-0.05, 0) is 30.3 Å².